The summed E-state index contributed by atoms with van der Waals surface area (Å²) in [4.78, 5) is 0. The van der Waals surface area contributed by atoms with E-state index in [0.717, 1.165) is 19.4 Å². The molecular formula is C16H23N. The Morgan fingerprint density at radius 2 is 1.76 bits per heavy atom. The number of benzene rings is 1. The third kappa shape index (κ3) is 2.70. The second kappa shape index (κ2) is 6.47. The van der Waals surface area contributed by atoms with E-state index in [1.807, 2.05) is 0 Å². The van der Waals surface area contributed by atoms with Gasteiger partial charge in [-0.25, -0.2) is 0 Å². The molecule has 1 aromatic rings. The highest BCUT2D eigenvalue weighted by Crippen LogP contribution is 2.35. The molecule has 0 aliphatic carbocycles. The van der Waals surface area contributed by atoms with Crippen molar-refractivity contribution in [3.63, 3.8) is 0 Å². The zero-order valence-electron chi connectivity index (χ0n) is 11.2. The summed E-state index contributed by atoms with van der Waals surface area (Å²) in [5, 5.41) is 3.44. The molecule has 1 nitrogen and oxygen atoms in total. The van der Waals surface area contributed by atoms with Crippen LogP contribution in [0, 0.1) is 12.3 Å². The molecule has 0 spiro atoms. The summed E-state index contributed by atoms with van der Waals surface area (Å²) < 4.78 is 0. The monoisotopic (exact) mass is 229 g/mol. The van der Waals surface area contributed by atoms with Crippen LogP contribution in [0.2, 0.25) is 0 Å². The van der Waals surface area contributed by atoms with Crippen LogP contribution in [0.1, 0.15) is 39.2 Å². The van der Waals surface area contributed by atoms with Gasteiger partial charge in [0.25, 0.3) is 0 Å². The minimum Gasteiger partial charge on any atom is -0.303 e. The smallest absolute Gasteiger partial charge is 0.0784 e. The molecule has 0 saturated heterocycles. The molecule has 0 saturated carbocycles. The lowest BCUT2D eigenvalue weighted by molar-refractivity contribution is 0.322. The first-order chi connectivity index (χ1) is 8.25. The molecule has 0 aliphatic heterocycles. The van der Waals surface area contributed by atoms with Gasteiger partial charge in [-0.2, -0.15) is 0 Å². The van der Waals surface area contributed by atoms with Crippen molar-refractivity contribution in [2.24, 2.45) is 0 Å². The topological polar surface area (TPSA) is 12.0 Å². The van der Waals surface area contributed by atoms with Crippen LogP contribution in [0.5, 0.6) is 0 Å². The maximum absolute atomic E-state index is 5.72. The summed E-state index contributed by atoms with van der Waals surface area (Å²) >= 11 is 0. The maximum atomic E-state index is 5.72. The number of hydrogen-bond acceptors (Lipinski definition) is 1. The van der Waals surface area contributed by atoms with Crippen LogP contribution in [0.3, 0.4) is 0 Å². The normalized spacial score (nSPS) is 13.1. The van der Waals surface area contributed by atoms with Gasteiger partial charge in [0, 0.05) is 5.41 Å². The number of rotatable bonds is 6. The SMILES string of the molecule is C#CC(NCC)C(CC)(CC)c1ccccc1. The predicted molar refractivity (Wildman–Crippen MR) is 75.0 cm³/mol. The average molecular weight is 229 g/mol. The van der Waals surface area contributed by atoms with E-state index in [9.17, 15) is 0 Å². The van der Waals surface area contributed by atoms with Gasteiger partial charge in [-0.1, -0.05) is 57.0 Å². The molecule has 1 rings (SSSR count). The number of terminal acetylenes is 1. The van der Waals surface area contributed by atoms with Crippen molar-refractivity contribution in [1.82, 2.24) is 5.32 Å². The van der Waals surface area contributed by atoms with Gasteiger partial charge in [0.2, 0.25) is 0 Å². The van der Waals surface area contributed by atoms with Gasteiger partial charge in [-0.15, -0.1) is 6.42 Å². The van der Waals surface area contributed by atoms with Crippen molar-refractivity contribution in [2.45, 2.75) is 45.1 Å². The summed E-state index contributed by atoms with van der Waals surface area (Å²) in [7, 11) is 0. The van der Waals surface area contributed by atoms with E-state index < -0.39 is 0 Å². The van der Waals surface area contributed by atoms with Crippen molar-refractivity contribution in [3.8, 4) is 12.3 Å². The van der Waals surface area contributed by atoms with E-state index in [1.54, 1.807) is 0 Å². The molecule has 0 aromatic heterocycles. The van der Waals surface area contributed by atoms with Crippen molar-refractivity contribution < 1.29 is 0 Å². The third-order valence-electron chi connectivity index (χ3n) is 3.74. The fourth-order valence-corrected chi connectivity index (χ4v) is 2.62. The molecule has 1 aromatic carbocycles. The largest absolute Gasteiger partial charge is 0.303 e. The van der Waals surface area contributed by atoms with Gasteiger partial charge < -0.3 is 5.32 Å². The molecule has 17 heavy (non-hydrogen) atoms. The summed E-state index contributed by atoms with van der Waals surface area (Å²) in [5.74, 6) is 2.93. The van der Waals surface area contributed by atoms with E-state index in [2.05, 4.69) is 62.3 Å². The van der Waals surface area contributed by atoms with Crippen LogP contribution in [-0.4, -0.2) is 12.6 Å². The molecule has 1 heteroatoms. The summed E-state index contributed by atoms with van der Waals surface area (Å²) in [6.07, 6.45) is 7.82. The van der Waals surface area contributed by atoms with Crippen LogP contribution in [0.15, 0.2) is 30.3 Å². The third-order valence-corrected chi connectivity index (χ3v) is 3.74. The van der Waals surface area contributed by atoms with Gasteiger partial charge in [-0.05, 0) is 24.9 Å². The van der Waals surface area contributed by atoms with Gasteiger partial charge in [0.1, 0.15) is 0 Å². The van der Waals surface area contributed by atoms with Gasteiger partial charge in [-0.3, -0.25) is 0 Å². The molecule has 0 aliphatic rings. The molecule has 0 heterocycles. The van der Waals surface area contributed by atoms with Gasteiger partial charge in [0.05, 0.1) is 6.04 Å². The summed E-state index contributed by atoms with van der Waals surface area (Å²) in [6, 6.07) is 10.7. The zero-order valence-corrected chi connectivity index (χ0v) is 11.2. The van der Waals surface area contributed by atoms with Crippen LogP contribution in [0.4, 0.5) is 0 Å². The second-order valence-corrected chi connectivity index (χ2v) is 4.39. The first-order valence-corrected chi connectivity index (χ1v) is 6.50. The number of likely N-dealkylation sites (N-methyl/N-ethyl adjacent to an activating group) is 1. The Kier molecular flexibility index (Phi) is 5.25. The molecule has 1 N–H and O–H groups in total. The Labute approximate surface area is 106 Å². The molecule has 1 atom stereocenters. The first kappa shape index (κ1) is 13.8. The Hall–Kier alpha value is -1.26. The van der Waals surface area contributed by atoms with Crippen LogP contribution < -0.4 is 5.32 Å². The lowest BCUT2D eigenvalue weighted by atomic mass is 9.70. The van der Waals surface area contributed by atoms with E-state index in [-0.39, 0.29) is 11.5 Å². The maximum Gasteiger partial charge on any atom is 0.0784 e. The quantitative estimate of drug-likeness (QED) is 0.738. The Balaban J connectivity index is 3.17. The van der Waals surface area contributed by atoms with Crippen molar-refractivity contribution in [3.05, 3.63) is 35.9 Å². The van der Waals surface area contributed by atoms with Crippen LogP contribution in [-0.2, 0) is 5.41 Å². The Morgan fingerprint density at radius 3 is 2.18 bits per heavy atom. The van der Waals surface area contributed by atoms with Gasteiger partial charge in [0.15, 0.2) is 0 Å². The van der Waals surface area contributed by atoms with E-state index >= 15 is 0 Å². The fourth-order valence-electron chi connectivity index (χ4n) is 2.62. The van der Waals surface area contributed by atoms with Crippen molar-refractivity contribution in [2.75, 3.05) is 6.54 Å². The van der Waals surface area contributed by atoms with Crippen LogP contribution in [0.25, 0.3) is 0 Å². The number of nitrogens with one attached hydrogen (secondary N) is 1. The molecule has 0 fully saturated rings. The van der Waals surface area contributed by atoms with E-state index in [0.29, 0.717) is 0 Å². The standard InChI is InChI=1S/C16H23N/c1-5-15(17-8-4)16(6-2,7-3)14-12-10-9-11-13-14/h1,9-13,15,17H,6-8H2,2-4H3. The molecule has 92 valence electrons. The minimum absolute atomic E-state index is 0.0476. The molecule has 0 amide bonds. The lowest BCUT2D eigenvalue weighted by Crippen LogP contribution is -2.47. The summed E-state index contributed by atoms with van der Waals surface area (Å²) in [6.45, 7) is 7.45. The molecule has 0 radical (unpaired) electrons. The fraction of sp³-hybridized carbons (Fsp3) is 0.500. The molecular weight excluding hydrogens is 206 g/mol. The zero-order chi connectivity index (χ0) is 12.7. The summed E-state index contributed by atoms with van der Waals surface area (Å²) in [5.41, 5.74) is 1.39. The average Bonchev–Trinajstić information content (AvgIpc) is 2.40. The highest BCUT2D eigenvalue weighted by molar-refractivity contribution is 5.31. The molecule has 1 unspecified atom stereocenters. The highest BCUT2D eigenvalue weighted by atomic mass is 14.9. The van der Waals surface area contributed by atoms with E-state index in [4.69, 9.17) is 6.42 Å². The van der Waals surface area contributed by atoms with Crippen LogP contribution >= 0.6 is 0 Å². The molecule has 0 bridgehead atoms. The van der Waals surface area contributed by atoms with Crippen molar-refractivity contribution >= 4 is 0 Å². The van der Waals surface area contributed by atoms with E-state index in [1.165, 1.54) is 5.56 Å². The van der Waals surface area contributed by atoms with Crippen molar-refractivity contribution in [1.29, 1.82) is 0 Å². The predicted octanol–water partition coefficient (Wildman–Crippen LogP) is 3.36. The Morgan fingerprint density at radius 1 is 1.18 bits per heavy atom. The van der Waals surface area contributed by atoms with Gasteiger partial charge >= 0.3 is 0 Å². The first-order valence-electron chi connectivity index (χ1n) is 6.50. The lowest BCUT2D eigenvalue weighted by Gasteiger charge is -2.38. The minimum atomic E-state index is 0.0476. The Bertz CT molecular complexity index is 357. The second-order valence-electron chi connectivity index (χ2n) is 4.39. The highest BCUT2D eigenvalue weighted by Gasteiger charge is 2.35. The number of hydrogen-bond donors (Lipinski definition) is 1.